The molecule has 3 aliphatic rings. The summed E-state index contributed by atoms with van der Waals surface area (Å²) in [5, 5.41) is 51.7. The topological polar surface area (TPSA) is 137 Å². The Morgan fingerprint density at radius 2 is 1.29 bits per heavy atom. The van der Waals surface area contributed by atoms with Crippen molar-refractivity contribution in [3.63, 3.8) is 0 Å². The number of carbonyl (C=O) groups excluding carboxylic acids is 1. The minimum Gasteiger partial charge on any atom is -0.429 e. The van der Waals surface area contributed by atoms with Crippen LogP contribution in [-0.4, -0.2) is 74.4 Å². The SMILES string of the molecule is CCCCCCCCCCC(O)C1CCC(C2CC(O)C(C(O)CCCCCCCCCCC(O)CC3=CC(O)OC3=O)O2)C1. The summed E-state index contributed by atoms with van der Waals surface area (Å²) < 4.78 is 10.9. The van der Waals surface area contributed by atoms with Crippen LogP contribution >= 0.6 is 0 Å². The van der Waals surface area contributed by atoms with E-state index in [0.717, 1.165) is 83.5 Å². The van der Waals surface area contributed by atoms with E-state index in [1.807, 2.05) is 0 Å². The number of esters is 1. The Morgan fingerprint density at radius 3 is 1.87 bits per heavy atom. The van der Waals surface area contributed by atoms with Gasteiger partial charge in [-0.15, -0.1) is 0 Å². The van der Waals surface area contributed by atoms with Crippen LogP contribution in [0.4, 0.5) is 0 Å². The van der Waals surface area contributed by atoms with Crippen LogP contribution in [0.3, 0.4) is 0 Å². The van der Waals surface area contributed by atoms with Gasteiger partial charge in [0.25, 0.3) is 0 Å². The van der Waals surface area contributed by atoms with Gasteiger partial charge in [0.2, 0.25) is 6.29 Å². The highest BCUT2D eigenvalue weighted by molar-refractivity contribution is 5.90. The molecule has 3 rings (SSSR count). The highest BCUT2D eigenvalue weighted by Gasteiger charge is 2.44. The predicted molar refractivity (Wildman–Crippen MR) is 176 cm³/mol. The molecule has 0 bridgehead atoms. The second kappa shape index (κ2) is 21.8. The summed E-state index contributed by atoms with van der Waals surface area (Å²) in [5.41, 5.74) is 0.358. The highest BCUT2D eigenvalue weighted by atomic mass is 16.6. The van der Waals surface area contributed by atoms with E-state index in [-0.39, 0.29) is 18.6 Å². The fourth-order valence-corrected chi connectivity index (χ4v) is 7.76. The van der Waals surface area contributed by atoms with E-state index in [1.165, 1.54) is 51.0 Å². The lowest BCUT2D eigenvalue weighted by molar-refractivity contribution is -0.151. The molecule has 0 spiro atoms. The molecule has 0 radical (unpaired) electrons. The number of hydrogen-bond acceptors (Lipinski definition) is 8. The summed E-state index contributed by atoms with van der Waals surface area (Å²) in [5.74, 6) is 0.174. The molecule has 0 aromatic heterocycles. The van der Waals surface area contributed by atoms with E-state index in [2.05, 4.69) is 11.7 Å². The molecule has 1 aliphatic carbocycles. The van der Waals surface area contributed by atoms with Gasteiger partial charge in [-0.05, 0) is 56.4 Å². The zero-order valence-corrected chi connectivity index (χ0v) is 28.2. The second-order valence-corrected chi connectivity index (χ2v) is 14.4. The third-order valence-corrected chi connectivity index (χ3v) is 10.6. The van der Waals surface area contributed by atoms with Crippen LogP contribution in [0, 0.1) is 11.8 Å². The van der Waals surface area contributed by atoms with Crippen molar-refractivity contribution < 1.29 is 39.8 Å². The molecule has 2 fully saturated rings. The molecule has 0 amide bonds. The number of aliphatic hydroxyl groups is 5. The highest BCUT2D eigenvalue weighted by Crippen LogP contribution is 2.41. The van der Waals surface area contributed by atoms with Crippen molar-refractivity contribution in [3.8, 4) is 0 Å². The Morgan fingerprint density at radius 1 is 0.733 bits per heavy atom. The molecule has 9 atom stereocenters. The van der Waals surface area contributed by atoms with Crippen molar-refractivity contribution in [1.82, 2.24) is 0 Å². The molecule has 45 heavy (non-hydrogen) atoms. The van der Waals surface area contributed by atoms with Gasteiger partial charge in [-0.25, -0.2) is 4.79 Å². The summed E-state index contributed by atoms with van der Waals surface area (Å²) in [6, 6.07) is 0. The quantitative estimate of drug-likeness (QED) is 0.0556. The summed E-state index contributed by atoms with van der Waals surface area (Å²) >= 11 is 0. The van der Waals surface area contributed by atoms with Crippen molar-refractivity contribution >= 4 is 5.97 Å². The van der Waals surface area contributed by atoms with Gasteiger partial charge >= 0.3 is 5.97 Å². The molecular formula is C37H66O8. The minimum absolute atomic E-state index is 0.00899. The van der Waals surface area contributed by atoms with Gasteiger partial charge in [0.15, 0.2) is 0 Å². The van der Waals surface area contributed by atoms with Crippen LogP contribution in [0.25, 0.3) is 0 Å². The van der Waals surface area contributed by atoms with E-state index in [0.29, 0.717) is 36.7 Å². The fraction of sp³-hybridized carbons (Fsp3) is 0.919. The van der Waals surface area contributed by atoms with Crippen molar-refractivity contribution in [2.75, 3.05) is 0 Å². The standard InChI is InChI=1S/C37H66O8/c1-2-3-4-5-6-10-13-16-19-31(39)27-21-22-28(23-27)34-26-33(41)36(44-34)32(40)20-17-14-11-8-7-9-12-15-18-30(38)24-29-25-35(42)45-37(29)43/h25,27-28,30-36,38-42H,2-24,26H2,1H3. The van der Waals surface area contributed by atoms with Crippen LogP contribution in [0.5, 0.6) is 0 Å². The van der Waals surface area contributed by atoms with Gasteiger partial charge in [0, 0.05) is 18.4 Å². The molecule has 0 aromatic rings. The van der Waals surface area contributed by atoms with E-state index in [9.17, 15) is 30.3 Å². The van der Waals surface area contributed by atoms with Crippen LogP contribution in [0.15, 0.2) is 11.6 Å². The fourth-order valence-electron chi connectivity index (χ4n) is 7.76. The second-order valence-electron chi connectivity index (χ2n) is 14.4. The maximum absolute atomic E-state index is 11.5. The van der Waals surface area contributed by atoms with E-state index in [1.54, 1.807) is 0 Å². The monoisotopic (exact) mass is 638 g/mol. The van der Waals surface area contributed by atoms with Gasteiger partial charge in [-0.2, -0.15) is 0 Å². The number of cyclic esters (lactones) is 1. The first-order chi connectivity index (χ1) is 21.8. The minimum atomic E-state index is -1.18. The molecule has 9 unspecified atom stereocenters. The van der Waals surface area contributed by atoms with Gasteiger partial charge in [-0.1, -0.05) is 110 Å². The number of ether oxygens (including phenoxy) is 2. The summed E-state index contributed by atoms with van der Waals surface area (Å²) in [6.07, 6.45) is 22.4. The zero-order chi connectivity index (χ0) is 32.4. The molecule has 2 aliphatic heterocycles. The summed E-state index contributed by atoms with van der Waals surface area (Å²) in [6.45, 7) is 2.25. The normalized spacial score (nSPS) is 28.8. The third kappa shape index (κ3) is 14.3. The van der Waals surface area contributed by atoms with E-state index >= 15 is 0 Å². The Hall–Kier alpha value is -1.03. The molecule has 8 heteroatoms. The molecule has 8 nitrogen and oxygen atoms in total. The third-order valence-electron chi connectivity index (χ3n) is 10.6. The van der Waals surface area contributed by atoms with Crippen molar-refractivity contribution in [2.45, 2.75) is 204 Å². The first kappa shape index (κ1) is 38.4. The van der Waals surface area contributed by atoms with E-state index < -0.39 is 36.7 Å². The van der Waals surface area contributed by atoms with Crippen LogP contribution in [0.1, 0.15) is 161 Å². The molecule has 262 valence electrons. The van der Waals surface area contributed by atoms with Gasteiger partial charge in [-0.3, -0.25) is 0 Å². The number of hydrogen-bond donors (Lipinski definition) is 5. The molecular weight excluding hydrogens is 572 g/mol. The molecule has 1 saturated carbocycles. The Kier molecular flexibility index (Phi) is 18.6. The van der Waals surface area contributed by atoms with Crippen LogP contribution in [-0.2, 0) is 14.3 Å². The largest absolute Gasteiger partial charge is 0.429 e. The van der Waals surface area contributed by atoms with Crippen molar-refractivity contribution in [1.29, 1.82) is 0 Å². The summed E-state index contributed by atoms with van der Waals surface area (Å²) in [4.78, 5) is 11.5. The number of rotatable bonds is 25. The van der Waals surface area contributed by atoms with Crippen LogP contribution in [0.2, 0.25) is 0 Å². The lowest BCUT2D eigenvalue weighted by Crippen LogP contribution is -2.34. The lowest BCUT2D eigenvalue weighted by atomic mass is 9.91. The van der Waals surface area contributed by atoms with Gasteiger partial charge in [0.1, 0.15) is 6.10 Å². The number of carbonyl (C=O) groups is 1. The Bertz CT molecular complexity index is 833. The van der Waals surface area contributed by atoms with Crippen molar-refractivity contribution in [3.05, 3.63) is 11.6 Å². The molecule has 0 aromatic carbocycles. The average molecular weight is 639 g/mol. The van der Waals surface area contributed by atoms with Gasteiger partial charge in [0.05, 0.1) is 30.5 Å². The first-order valence-corrected chi connectivity index (χ1v) is 18.8. The summed E-state index contributed by atoms with van der Waals surface area (Å²) in [7, 11) is 0. The number of unbranched alkanes of at least 4 members (excludes halogenated alkanes) is 14. The molecule has 5 N–H and O–H groups in total. The molecule has 1 saturated heterocycles. The average Bonchev–Trinajstić information content (AvgIpc) is 3.73. The van der Waals surface area contributed by atoms with Crippen LogP contribution < -0.4 is 0 Å². The first-order valence-electron chi connectivity index (χ1n) is 18.8. The van der Waals surface area contributed by atoms with E-state index in [4.69, 9.17) is 4.74 Å². The zero-order valence-electron chi connectivity index (χ0n) is 28.2. The predicted octanol–water partition coefficient (Wildman–Crippen LogP) is 6.63. The lowest BCUT2D eigenvalue weighted by Gasteiger charge is -2.24. The number of aliphatic hydroxyl groups excluding tert-OH is 5. The Labute approximate surface area is 273 Å². The van der Waals surface area contributed by atoms with Crippen molar-refractivity contribution in [2.24, 2.45) is 11.8 Å². The Balaban J connectivity index is 1.16. The smallest absolute Gasteiger partial charge is 0.336 e. The maximum Gasteiger partial charge on any atom is 0.336 e. The maximum atomic E-state index is 11.5. The molecule has 2 heterocycles. The van der Waals surface area contributed by atoms with Gasteiger partial charge < -0.3 is 35.0 Å².